The zero-order valence-electron chi connectivity index (χ0n) is 17.6. The Morgan fingerprint density at radius 2 is 1.86 bits per heavy atom. The molecule has 0 aromatic rings. The topological polar surface area (TPSA) is 74.2 Å². The maximum absolute atomic E-state index is 11.5. The highest BCUT2D eigenvalue weighted by atomic mass is 35.5. The van der Waals surface area contributed by atoms with E-state index in [4.69, 9.17) is 30.5 Å². The first kappa shape index (κ1) is 23.0. The van der Waals surface area contributed by atoms with Crippen molar-refractivity contribution >= 4 is 17.6 Å². The monoisotopic (exact) mass is 430 g/mol. The number of ether oxygens (including phenoxy) is 4. The number of esters is 1. The summed E-state index contributed by atoms with van der Waals surface area (Å²) in [5, 5.41) is 10.8. The first-order chi connectivity index (χ1) is 13.9. The predicted molar refractivity (Wildman–Crippen MR) is 110 cm³/mol. The molecule has 6 nitrogen and oxygen atoms in total. The van der Waals surface area contributed by atoms with Crippen molar-refractivity contribution in [3.8, 4) is 0 Å². The predicted octanol–water partition coefficient (Wildman–Crippen LogP) is 3.52. The Hall–Kier alpha value is -0.660. The molecule has 3 aliphatic rings. The van der Waals surface area contributed by atoms with Crippen LogP contribution in [-0.2, 0) is 23.7 Å². The summed E-state index contributed by atoms with van der Waals surface area (Å²) in [6.07, 6.45) is 5.61. The molecule has 0 saturated carbocycles. The highest BCUT2D eigenvalue weighted by Gasteiger charge is 2.46. The van der Waals surface area contributed by atoms with E-state index in [2.05, 4.69) is 6.58 Å². The largest absolute Gasteiger partial charge is 0.469 e. The molecule has 0 aromatic heterocycles. The minimum absolute atomic E-state index is 0.0123. The summed E-state index contributed by atoms with van der Waals surface area (Å²) in [5.41, 5.74) is 1.11. The molecule has 8 atom stereocenters. The van der Waals surface area contributed by atoms with Crippen LogP contribution in [0.5, 0.6) is 0 Å². The standard InChI is InChI=1S/C22H35ClO6/c1-13(2)10-14(23)4-5-15-6-8-18(27-15)20-12-17(24)22-19(29-20)9-7-16(28-22)11-21(25)26-3/h14-20,22,24H,1,4-12H2,2-3H3. The Balaban J connectivity index is 1.45. The molecule has 0 spiro atoms. The van der Waals surface area contributed by atoms with Gasteiger partial charge in [0.1, 0.15) is 6.10 Å². The summed E-state index contributed by atoms with van der Waals surface area (Å²) in [4.78, 5) is 11.5. The van der Waals surface area contributed by atoms with Gasteiger partial charge in [0.15, 0.2) is 0 Å². The average molecular weight is 431 g/mol. The van der Waals surface area contributed by atoms with E-state index < -0.39 is 6.10 Å². The third kappa shape index (κ3) is 6.41. The first-order valence-electron chi connectivity index (χ1n) is 10.9. The number of methoxy groups -OCH3 is 1. The SMILES string of the molecule is C=C(C)CC(Cl)CCC1CCC(C2CC(O)C3OC(CC(=O)OC)CCC3O2)O1. The molecule has 3 fully saturated rings. The van der Waals surface area contributed by atoms with Gasteiger partial charge in [0.2, 0.25) is 0 Å². The number of carbonyl (C=O) groups excluding carboxylic acids is 1. The smallest absolute Gasteiger partial charge is 0.308 e. The van der Waals surface area contributed by atoms with Crippen molar-refractivity contribution in [3.05, 3.63) is 12.2 Å². The molecule has 0 radical (unpaired) electrons. The minimum atomic E-state index is -0.607. The molecule has 3 saturated heterocycles. The molecule has 8 unspecified atom stereocenters. The van der Waals surface area contributed by atoms with E-state index in [-0.39, 0.29) is 54.4 Å². The van der Waals surface area contributed by atoms with Crippen LogP contribution in [0.25, 0.3) is 0 Å². The molecule has 3 rings (SSSR count). The van der Waals surface area contributed by atoms with Crippen LogP contribution in [0.4, 0.5) is 0 Å². The third-order valence-electron chi connectivity index (χ3n) is 6.24. The molecule has 0 aliphatic carbocycles. The molecule has 7 heteroatoms. The number of halogens is 1. The van der Waals surface area contributed by atoms with Gasteiger partial charge in [-0.05, 0) is 51.9 Å². The summed E-state index contributed by atoms with van der Waals surface area (Å²) < 4.78 is 23.2. The summed E-state index contributed by atoms with van der Waals surface area (Å²) in [6, 6.07) is 0. The number of hydrogen-bond acceptors (Lipinski definition) is 6. The van der Waals surface area contributed by atoms with Crippen LogP contribution in [-0.4, -0.2) is 66.3 Å². The van der Waals surface area contributed by atoms with Crippen molar-refractivity contribution in [2.24, 2.45) is 0 Å². The second kappa shape index (κ2) is 10.6. The van der Waals surface area contributed by atoms with Crippen LogP contribution in [0.2, 0.25) is 0 Å². The lowest BCUT2D eigenvalue weighted by molar-refractivity contribution is -0.243. The molecular weight excluding hydrogens is 396 g/mol. The number of alkyl halides is 1. The molecule has 1 N–H and O–H groups in total. The number of hydrogen-bond donors (Lipinski definition) is 1. The van der Waals surface area contributed by atoms with Crippen LogP contribution < -0.4 is 0 Å². The highest BCUT2D eigenvalue weighted by molar-refractivity contribution is 6.20. The van der Waals surface area contributed by atoms with Gasteiger partial charge >= 0.3 is 5.97 Å². The minimum Gasteiger partial charge on any atom is -0.469 e. The third-order valence-corrected chi connectivity index (χ3v) is 6.61. The Morgan fingerprint density at radius 3 is 2.59 bits per heavy atom. The summed E-state index contributed by atoms with van der Waals surface area (Å²) in [7, 11) is 1.37. The molecule has 0 amide bonds. The zero-order valence-corrected chi connectivity index (χ0v) is 18.3. The number of carbonyl (C=O) groups is 1. The van der Waals surface area contributed by atoms with E-state index in [9.17, 15) is 9.90 Å². The fourth-order valence-electron chi connectivity index (χ4n) is 4.75. The lowest BCUT2D eigenvalue weighted by Crippen LogP contribution is -2.56. The molecule has 0 bridgehead atoms. The van der Waals surface area contributed by atoms with E-state index in [1.807, 2.05) is 6.92 Å². The maximum Gasteiger partial charge on any atom is 0.308 e. The van der Waals surface area contributed by atoms with Gasteiger partial charge in [0, 0.05) is 11.8 Å². The molecule has 29 heavy (non-hydrogen) atoms. The zero-order chi connectivity index (χ0) is 21.0. The Bertz CT molecular complexity index is 570. The molecular formula is C22H35ClO6. The van der Waals surface area contributed by atoms with Gasteiger partial charge in [-0.3, -0.25) is 4.79 Å². The number of fused-ring (bicyclic) bond motifs is 1. The first-order valence-corrected chi connectivity index (χ1v) is 11.3. The summed E-state index contributed by atoms with van der Waals surface area (Å²) in [5.74, 6) is -0.287. The van der Waals surface area contributed by atoms with Gasteiger partial charge < -0.3 is 24.1 Å². The normalized spacial score (nSPS) is 38.3. The van der Waals surface area contributed by atoms with Gasteiger partial charge in [-0.2, -0.15) is 0 Å². The lowest BCUT2D eigenvalue weighted by Gasteiger charge is -2.45. The number of aliphatic hydroxyl groups is 1. The van der Waals surface area contributed by atoms with Gasteiger partial charge in [0.25, 0.3) is 0 Å². The van der Waals surface area contributed by atoms with Crippen LogP contribution in [0.15, 0.2) is 12.2 Å². The summed E-state index contributed by atoms with van der Waals surface area (Å²) >= 11 is 6.37. The molecule has 0 aromatic carbocycles. The van der Waals surface area contributed by atoms with Crippen LogP contribution in [0, 0.1) is 0 Å². The maximum atomic E-state index is 11.5. The fourth-order valence-corrected chi connectivity index (χ4v) is 5.14. The Morgan fingerprint density at radius 1 is 1.14 bits per heavy atom. The van der Waals surface area contributed by atoms with E-state index in [1.54, 1.807) is 0 Å². The quantitative estimate of drug-likeness (QED) is 0.361. The van der Waals surface area contributed by atoms with Crippen LogP contribution in [0.1, 0.15) is 64.7 Å². The number of rotatable bonds is 8. The van der Waals surface area contributed by atoms with Crippen LogP contribution >= 0.6 is 11.6 Å². The lowest BCUT2D eigenvalue weighted by atomic mass is 9.88. The Labute approximate surface area is 178 Å². The van der Waals surface area contributed by atoms with E-state index >= 15 is 0 Å². The highest BCUT2D eigenvalue weighted by Crippen LogP contribution is 2.37. The molecule has 3 heterocycles. The van der Waals surface area contributed by atoms with Gasteiger partial charge in [-0.15, -0.1) is 18.2 Å². The van der Waals surface area contributed by atoms with Crippen molar-refractivity contribution in [3.63, 3.8) is 0 Å². The average Bonchev–Trinajstić information content (AvgIpc) is 3.15. The van der Waals surface area contributed by atoms with Crippen molar-refractivity contribution < 1.29 is 28.8 Å². The van der Waals surface area contributed by atoms with Crippen molar-refractivity contribution in [1.82, 2.24) is 0 Å². The van der Waals surface area contributed by atoms with Crippen LogP contribution in [0.3, 0.4) is 0 Å². The van der Waals surface area contributed by atoms with E-state index in [0.717, 1.165) is 50.5 Å². The second-order valence-electron chi connectivity index (χ2n) is 8.81. The van der Waals surface area contributed by atoms with Gasteiger partial charge in [-0.25, -0.2) is 0 Å². The van der Waals surface area contributed by atoms with Gasteiger partial charge in [0.05, 0.1) is 50.2 Å². The summed E-state index contributed by atoms with van der Waals surface area (Å²) in [6.45, 7) is 5.93. The molecule has 166 valence electrons. The molecule has 3 aliphatic heterocycles. The number of allylic oxidation sites excluding steroid dienone is 1. The van der Waals surface area contributed by atoms with E-state index in [1.165, 1.54) is 7.11 Å². The van der Waals surface area contributed by atoms with Crippen molar-refractivity contribution in [1.29, 1.82) is 0 Å². The fraction of sp³-hybridized carbons (Fsp3) is 0.864. The Kier molecular flexibility index (Phi) is 8.40. The van der Waals surface area contributed by atoms with Gasteiger partial charge in [-0.1, -0.05) is 5.57 Å². The second-order valence-corrected chi connectivity index (χ2v) is 9.42. The van der Waals surface area contributed by atoms with Crippen molar-refractivity contribution in [2.45, 2.75) is 113 Å². The van der Waals surface area contributed by atoms with Crippen molar-refractivity contribution in [2.75, 3.05) is 7.11 Å². The number of aliphatic hydroxyl groups excluding tert-OH is 1. The van der Waals surface area contributed by atoms with E-state index in [0.29, 0.717) is 6.42 Å².